The maximum absolute atomic E-state index is 12.6. The predicted octanol–water partition coefficient (Wildman–Crippen LogP) is 4.39. The van der Waals surface area contributed by atoms with Crippen LogP contribution in [0.5, 0.6) is 0 Å². The molecule has 2 aliphatic rings. The maximum atomic E-state index is 12.6. The van der Waals surface area contributed by atoms with Crippen LogP contribution in [0.25, 0.3) is 0 Å². The number of allylic oxidation sites excluding steroid dienone is 2. The molecule has 26 heavy (non-hydrogen) atoms. The molecule has 2 aromatic carbocycles. The lowest BCUT2D eigenvalue weighted by Crippen LogP contribution is -2.19. The molecule has 0 spiro atoms. The summed E-state index contributed by atoms with van der Waals surface area (Å²) in [6.45, 7) is 1.22. The summed E-state index contributed by atoms with van der Waals surface area (Å²) in [5.41, 5.74) is 5.01. The van der Waals surface area contributed by atoms with Crippen LogP contribution in [0, 0.1) is 0 Å². The average molecular weight is 349 g/mol. The number of nitrogens with one attached hydrogen (secondary N) is 1. The number of hydrogen-bond donors (Lipinski definition) is 1. The van der Waals surface area contributed by atoms with Crippen molar-refractivity contribution >= 4 is 11.5 Å². The zero-order valence-corrected chi connectivity index (χ0v) is 14.7. The van der Waals surface area contributed by atoms with Gasteiger partial charge in [0, 0.05) is 35.4 Å². The third kappa shape index (κ3) is 3.71. The molecular formula is C22H23NO3. The normalized spacial score (nSPS) is 18.4. The molecular weight excluding hydrogens is 326 g/mol. The molecule has 0 radical (unpaired) electrons. The van der Waals surface area contributed by atoms with Gasteiger partial charge < -0.3 is 14.8 Å². The fraction of sp³-hybridized carbons (Fsp3) is 0.318. The smallest absolute Gasteiger partial charge is 0.186 e. The molecule has 134 valence electrons. The van der Waals surface area contributed by atoms with Gasteiger partial charge >= 0.3 is 0 Å². The summed E-state index contributed by atoms with van der Waals surface area (Å²) < 4.78 is 11.3. The minimum atomic E-state index is -0.337. The molecule has 1 saturated heterocycles. The van der Waals surface area contributed by atoms with Crippen molar-refractivity contribution in [3.8, 4) is 0 Å². The van der Waals surface area contributed by atoms with Crippen LogP contribution in [0.2, 0.25) is 0 Å². The van der Waals surface area contributed by atoms with E-state index in [1.165, 1.54) is 0 Å². The van der Waals surface area contributed by atoms with E-state index in [1.807, 2.05) is 42.5 Å². The number of ether oxygens (including phenoxy) is 2. The van der Waals surface area contributed by atoms with Crippen LogP contribution in [0.15, 0.2) is 65.9 Å². The lowest BCUT2D eigenvalue weighted by Gasteiger charge is -2.23. The van der Waals surface area contributed by atoms with Gasteiger partial charge in [-0.25, -0.2) is 0 Å². The monoisotopic (exact) mass is 349 g/mol. The third-order valence-corrected chi connectivity index (χ3v) is 4.88. The van der Waals surface area contributed by atoms with Gasteiger partial charge in [-0.1, -0.05) is 48.5 Å². The first-order valence-electron chi connectivity index (χ1n) is 9.19. The van der Waals surface area contributed by atoms with E-state index >= 15 is 0 Å². The number of benzene rings is 2. The van der Waals surface area contributed by atoms with E-state index < -0.39 is 0 Å². The Bertz CT molecular complexity index is 807. The minimum Gasteiger partial charge on any atom is -0.358 e. The number of carbonyl (C=O) groups is 1. The number of hydrogen-bond acceptors (Lipinski definition) is 4. The van der Waals surface area contributed by atoms with Crippen molar-refractivity contribution in [2.45, 2.75) is 32.0 Å². The molecule has 0 bridgehead atoms. The van der Waals surface area contributed by atoms with Crippen molar-refractivity contribution in [1.29, 1.82) is 0 Å². The van der Waals surface area contributed by atoms with Crippen LogP contribution in [-0.4, -0.2) is 19.0 Å². The Morgan fingerprint density at radius 2 is 1.65 bits per heavy atom. The molecule has 4 nitrogen and oxygen atoms in total. The van der Waals surface area contributed by atoms with E-state index in [9.17, 15) is 4.79 Å². The Labute approximate surface area is 153 Å². The molecule has 0 amide bonds. The van der Waals surface area contributed by atoms with Gasteiger partial charge in [0.25, 0.3) is 0 Å². The Kier molecular flexibility index (Phi) is 5.14. The number of rotatable bonds is 5. The van der Waals surface area contributed by atoms with E-state index in [1.54, 1.807) is 0 Å². The molecule has 1 aliphatic heterocycles. The molecule has 4 rings (SSSR count). The molecule has 4 heteroatoms. The molecule has 0 saturated carbocycles. The molecule has 1 fully saturated rings. The van der Waals surface area contributed by atoms with Gasteiger partial charge in [-0.15, -0.1) is 0 Å². The quantitative estimate of drug-likeness (QED) is 0.869. The summed E-state index contributed by atoms with van der Waals surface area (Å²) in [6, 6.07) is 18.2. The van der Waals surface area contributed by atoms with Crippen molar-refractivity contribution in [2.24, 2.45) is 0 Å². The van der Waals surface area contributed by atoms with Gasteiger partial charge in [-0.2, -0.15) is 0 Å². The van der Waals surface area contributed by atoms with Gasteiger partial charge in [0.05, 0.1) is 13.2 Å². The van der Waals surface area contributed by atoms with Crippen LogP contribution in [0.4, 0.5) is 5.69 Å². The highest BCUT2D eigenvalue weighted by Crippen LogP contribution is 2.33. The molecule has 2 aromatic rings. The number of Topliss-reactive ketones (excluding diaryl/α,β-unsaturated/α-hetero) is 1. The van der Waals surface area contributed by atoms with Crippen LogP contribution in [0.1, 0.15) is 36.7 Å². The summed E-state index contributed by atoms with van der Waals surface area (Å²) in [5.74, 6) is 0.244. The van der Waals surface area contributed by atoms with Crippen LogP contribution >= 0.6 is 0 Å². The Morgan fingerprint density at radius 3 is 2.46 bits per heavy atom. The fourth-order valence-electron chi connectivity index (χ4n) is 3.56. The number of carbonyl (C=O) groups excluding carboxylic acids is 1. The summed E-state index contributed by atoms with van der Waals surface area (Å²) in [7, 11) is 0. The second-order valence-corrected chi connectivity index (χ2v) is 6.68. The van der Waals surface area contributed by atoms with E-state index in [-0.39, 0.29) is 12.1 Å². The Hall–Kier alpha value is -2.43. The van der Waals surface area contributed by atoms with Gasteiger partial charge in [0.2, 0.25) is 0 Å². The van der Waals surface area contributed by atoms with Crippen molar-refractivity contribution in [2.75, 3.05) is 18.5 Å². The van der Waals surface area contributed by atoms with Gasteiger partial charge in [-0.05, 0) is 24.5 Å². The molecule has 1 aliphatic carbocycles. The van der Waals surface area contributed by atoms with E-state index in [4.69, 9.17) is 9.47 Å². The van der Waals surface area contributed by atoms with Crippen LogP contribution < -0.4 is 5.32 Å². The van der Waals surface area contributed by atoms with E-state index in [0.29, 0.717) is 26.1 Å². The van der Waals surface area contributed by atoms with E-state index in [0.717, 1.165) is 40.9 Å². The second kappa shape index (κ2) is 7.85. The average Bonchev–Trinajstić information content (AvgIpc) is 3.20. The Morgan fingerprint density at radius 1 is 0.923 bits per heavy atom. The molecule has 1 N–H and O–H groups in total. The summed E-state index contributed by atoms with van der Waals surface area (Å²) in [4.78, 5) is 12.6. The number of ketones is 1. The van der Waals surface area contributed by atoms with E-state index in [2.05, 4.69) is 17.4 Å². The zero-order valence-electron chi connectivity index (χ0n) is 14.7. The summed E-state index contributed by atoms with van der Waals surface area (Å²) in [6.07, 6.45) is 2.73. The van der Waals surface area contributed by atoms with Crippen molar-refractivity contribution in [3.63, 3.8) is 0 Å². The van der Waals surface area contributed by atoms with Gasteiger partial charge in [-0.3, -0.25) is 4.79 Å². The van der Waals surface area contributed by atoms with Crippen molar-refractivity contribution in [3.05, 3.63) is 77.0 Å². The highest BCUT2D eigenvalue weighted by atomic mass is 16.7. The first-order valence-corrected chi connectivity index (χ1v) is 9.19. The zero-order chi connectivity index (χ0) is 17.8. The molecule has 1 heterocycles. The first kappa shape index (κ1) is 17.0. The minimum absolute atomic E-state index is 0.244. The van der Waals surface area contributed by atoms with Gasteiger partial charge in [0.15, 0.2) is 12.1 Å². The van der Waals surface area contributed by atoms with Crippen LogP contribution in [-0.2, 0) is 20.7 Å². The van der Waals surface area contributed by atoms with Crippen molar-refractivity contribution in [1.82, 2.24) is 0 Å². The maximum Gasteiger partial charge on any atom is 0.186 e. The SMILES string of the molecule is O=C1CCCC(Nc2ccccc2C2OCCO2)=C1Cc1ccccc1. The number of para-hydroxylation sites is 1. The molecule has 0 aromatic heterocycles. The lowest BCUT2D eigenvalue weighted by atomic mass is 9.90. The highest BCUT2D eigenvalue weighted by Gasteiger charge is 2.24. The molecule has 0 unspecified atom stereocenters. The highest BCUT2D eigenvalue weighted by molar-refractivity contribution is 5.97. The Balaban J connectivity index is 1.64. The predicted molar refractivity (Wildman–Crippen MR) is 101 cm³/mol. The van der Waals surface area contributed by atoms with Crippen molar-refractivity contribution < 1.29 is 14.3 Å². The van der Waals surface area contributed by atoms with Gasteiger partial charge in [0.1, 0.15) is 0 Å². The fourth-order valence-corrected chi connectivity index (χ4v) is 3.56. The van der Waals surface area contributed by atoms with Crippen LogP contribution in [0.3, 0.4) is 0 Å². The molecule has 0 atom stereocenters. The topological polar surface area (TPSA) is 47.6 Å². The summed E-state index contributed by atoms with van der Waals surface area (Å²) >= 11 is 0. The second-order valence-electron chi connectivity index (χ2n) is 6.68. The lowest BCUT2D eigenvalue weighted by molar-refractivity contribution is -0.116. The largest absolute Gasteiger partial charge is 0.358 e. The summed E-state index contributed by atoms with van der Waals surface area (Å²) in [5, 5.41) is 3.53. The third-order valence-electron chi connectivity index (χ3n) is 4.88. The first-order chi connectivity index (χ1) is 12.8. The number of anilines is 1. The standard InChI is InChI=1S/C22H23NO3/c24-21-12-6-11-20(18(21)15-16-7-2-1-3-8-16)23-19-10-5-4-9-17(19)22-25-13-14-26-22/h1-5,7-10,22-23H,6,11-15H2.